The first-order valence-electron chi connectivity index (χ1n) is 8.40. The Morgan fingerprint density at radius 1 is 1.32 bits per heavy atom. The summed E-state index contributed by atoms with van der Waals surface area (Å²) in [6.07, 6.45) is 1.78. The molecule has 0 fully saturated rings. The maximum absolute atomic E-state index is 11.8. The Kier molecular flexibility index (Phi) is 4.28. The van der Waals surface area contributed by atoms with Crippen molar-refractivity contribution in [3.63, 3.8) is 0 Å². The lowest BCUT2D eigenvalue weighted by molar-refractivity contribution is -0.130. The lowest BCUT2D eigenvalue weighted by Crippen LogP contribution is -2.18. The maximum Gasteiger partial charge on any atom is 0.337 e. The Bertz CT molecular complexity index is 837. The number of benzene rings is 1. The van der Waals surface area contributed by atoms with Crippen LogP contribution in [-0.2, 0) is 15.6 Å². The highest BCUT2D eigenvalue weighted by Gasteiger charge is 2.36. The van der Waals surface area contributed by atoms with Crippen LogP contribution in [0.1, 0.15) is 56.2 Å². The fourth-order valence-corrected chi connectivity index (χ4v) is 3.85. The summed E-state index contributed by atoms with van der Waals surface area (Å²) in [6.45, 7) is 11.4. The van der Waals surface area contributed by atoms with Gasteiger partial charge in [0.15, 0.2) is 0 Å². The van der Waals surface area contributed by atoms with E-state index in [9.17, 15) is 9.90 Å². The molecule has 1 aromatic heterocycles. The molecule has 3 nitrogen and oxygen atoms in total. The van der Waals surface area contributed by atoms with Crippen molar-refractivity contribution in [2.45, 2.75) is 45.4 Å². The molecule has 0 atom stereocenters. The van der Waals surface area contributed by atoms with Crippen LogP contribution in [0, 0.1) is 0 Å². The predicted molar refractivity (Wildman–Crippen MR) is 103 cm³/mol. The summed E-state index contributed by atoms with van der Waals surface area (Å²) in [4.78, 5) is 12.5. The van der Waals surface area contributed by atoms with Gasteiger partial charge in [-0.15, -0.1) is 11.3 Å². The van der Waals surface area contributed by atoms with E-state index < -0.39 is 5.97 Å². The van der Waals surface area contributed by atoms with Gasteiger partial charge in [0.1, 0.15) is 5.75 Å². The first-order valence-corrected chi connectivity index (χ1v) is 9.28. The summed E-state index contributed by atoms with van der Waals surface area (Å²) in [5, 5.41) is 11.5. The molecular weight excluding hydrogens is 332 g/mol. The normalized spacial score (nSPS) is 16.4. The van der Waals surface area contributed by atoms with Crippen molar-refractivity contribution >= 4 is 29.0 Å². The van der Waals surface area contributed by atoms with Gasteiger partial charge < -0.3 is 9.84 Å². The summed E-state index contributed by atoms with van der Waals surface area (Å²) in [5.41, 5.74) is 3.35. The Morgan fingerprint density at radius 2 is 2.04 bits per heavy atom. The standard InChI is InChI=1S/C21H24O3S/c1-20(2,3)15-10-13(11-16-18(15)24-12-21(16,4)5)9-14(19(22)23)17-7-6-8-25-17/h6-11H,12H2,1-5H3,(H,22,23)/b14-9-. The summed E-state index contributed by atoms with van der Waals surface area (Å²) in [6, 6.07) is 7.86. The minimum Gasteiger partial charge on any atom is -0.492 e. The largest absolute Gasteiger partial charge is 0.492 e. The molecule has 1 aliphatic heterocycles. The smallest absolute Gasteiger partial charge is 0.337 e. The van der Waals surface area contributed by atoms with E-state index in [0.29, 0.717) is 12.2 Å². The topological polar surface area (TPSA) is 46.5 Å². The molecular formula is C21H24O3S. The van der Waals surface area contributed by atoms with Gasteiger partial charge in [0.2, 0.25) is 0 Å². The number of aliphatic carboxylic acids is 1. The van der Waals surface area contributed by atoms with Crippen molar-refractivity contribution in [3.05, 3.63) is 51.2 Å². The highest BCUT2D eigenvalue weighted by molar-refractivity contribution is 7.11. The molecule has 1 aliphatic rings. The van der Waals surface area contributed by atoms with Crippen molar-refractivity contribution in [1.29, 1.82) is 0 Å². The van der Waals surface area contributed by atoms with Crippen molar-refractivity contribution in [2.75, 3.05) is 6.61 Å². The number of fused-ring (bicyclic) bond motifs is 1. The van der Waals surface area contributed by atoms with E-state index in [-0.39, 0.29) is 10.8 Å². The fraction of sp³-hybridized carbons (Fsp3) is 0.381. The quantitative estimate of drug-likeness (QED) is 0.755. The van der Waals surface area contributed by atoms with Crippen LogP contribution < -0.4 is 4.74 Å². The Morgan fingerprint density at radius 3 is 2.60 bits per heavy atom. The molecule has 0 bridgehead atoms. The van der Waals surface area contributed by atoms with Gasteiger partial charge in [0.25, 0.3) is 0 Å². The van der Waals surface area contributed by atoms with Gasteiger partial charge in [0.05, 0.1) is 12.2 Å². The van der Waals surface area contributed by atoms with Crippen molar-refractivity contribution in [2.24, 2.45) is 0 Å². The highest BCUT2D eigenvalue weighted by atomic mass is 32.1. The number of carboxylic acids is 1. The summed E-state index contributed by atoms with van der Waals surface area (Å²) >= 11 is 1.44. The molecule has 2 aromatic rings. The fourth-order valence-electron chi connectivity index (χ4n) is 3.12. The zero-order chi connectivity index (χ0) is 18.4. The third-order valence-electron chi connectivity index (χ3n) is 4.55. The molecule has 0 amide bonds. The second kappa shape index (κ2) is 6.03. The summed E-state index contributed by atoms with van der Waals surface area (Å²) in [5.74, 6) is 0.0541. The molecule has 1 N–H and O–H groups in total. The monoisotopic (exact) mass is 356 g/mol. The third kappa shape index (κ3) is 3.36. The van der Waals surface area contributed by atoms with Crippen LogP contribution in [0.3, 0.4) is 0 Å². The number of rotatable bonds is 3. The number of ether oxygens (including phenoxy) is 1. The Labute approximate surface area is 153 Å². The van der Waals surface area contributed by atoms with Crippen molar-refractivity contribution in [3.8, 4) is 5.75 Å². The summed E-state index contributed by atoms with van der Waals surface area (Å²) in [7, 11) is 0. The van der Waals surface area contributed by atoms with Crippen LogP contribution in [-0.4, -0.2) is 17.7 Å². The molecule has 0 unspecified atom stereocenters. The van der Waals surface area contributed by atoms with Crippen molar-refractivity contribution in [1.82, 2.24) is 0 Å². The SMILES string of the molecule is CC(C)(C)c1cc(/C=C(\C(=O)O)c2cccs2)cc2c1OCC2(C)C. The van der Waals surface area contributed by atoms with E-state index in [2.05, 4.69) is 46.8 Å². The van der Waals surface area contributed by atoms with Gasteiger partial charge in [-0.3, -0.25) is 0 Å². The second-order valence-electron chi connectivity index (χ2n) is 8.21. The zero-order valence-corrected chi connectivity index (χ0v) is 16.2. The molecule has 4 heteroatoms. The molecule has 0 spiro atoms. The molecule has 25 heavy (non-hydrogen) atoms. The molecule has 0 radical (unpaired) electrons. The van der Waals surface area contributed by atoms with E-state index in [1.165, 1.54) is 11.3 Å². The third-order valence-corrected chi connectivity index (χ3v) is 5.46. The van der Waals surface area contributed by atoms with Gasteiger partial charge in [0, 0.05) is 21.4 Å². The van der Waals surface area contributed by atoms with E-state index in [4.69, 9.17) is 4.74 Å². The van der Waals surface area contributed by atoms with Crippen LogP contribution >= 0.6 is 11.3 Å². The van der Waals surface area contributed by atoms with Crippen molar-refractivity contribution < 1.29 is 14.6 Å². The molecule has 0 aliphatic carbocycles. The Balaban J connectivity index is 2.21. The maximum atomic E-state index is 11.8. The number of hydrogen-bond donors (Lipinski definition) is 1. The van der Waals surface area contributed by atoms with Gasteiger partial charge >= 0.3 is 5.97 Å². The van der Waals surface area contributed by atoms with Gasteiger partial charge in [-0.1, -0.05) is 40.7 Å². The number of carbonyl (C=O) groups is 1. The van der Waals surface area contributed by atoms with Gasteiger partial charge in [-0.05, 0) is 40.6 Å². The van der Waals surface area contributed by atoms with E-state index in [0.717, 1.165) is 27.3 Å². The summed E-state index contributed by atoms with van der Waals surface area (Å²) < 4.78 is 6.02. The molecule has 0 saturated carbocycles. The lowest BCUT2D eigenvalue weighted by atomic mass is 9.79. The first kappa shape index (κ1) is 17.7. The molecule has 1 aromatic carbocycles. The molecule has 132 valence electrons. The lowest BCUT2D eigenvalue weighted by Gasteiger charge is -2.23. The molecule has 0 saturated heterocycles. The molecule has 3 rings (SSSR count). The van der Waals surface area contributed by atoms with Crippen LogP contribution in [0.15, 0.2) is 29.6 Å². The average Bonchev–Trinajstić information content (AvgIpc) is 3.12. The van der Waals surface area contributed by atoms with Gasteiger partial charge in [-0.25, -0.2) is 4.79 Å². The zero-order valence-electron chi connectivity index (χ0n) is 15.3. The highest BCUT2D eigenvalue weighted by Crippen LogP contribution is 2.45. The van der Waals surface area contributed by atoms with E-state index >= 15 is 0 Å². The minimum absolute atomic E-state index is 0.0779. The van der Waals surface area contributed by atoms with Crippen LogP contribution in [0.25, 0.3) is 11.6 Å². The number of thiophene rings is 1. The number of hydrogen-bond acceptors (Lipinski definition) is 3. The second-order valence-corrected chi connectivity index (χ2v) is 9.16. The minimum atomic E-state index is -0.907. The van der Waals surface area contributed by atoms with Gasteiger partial charge in [-0.2, -0.15) is 0 Å². The Hall–Kier alpha value is -2.07. The average molecular weight is 356 g/mol. The first-order chi connectivity index (χ1) is 11.6. The van der Waals surface area contributed by atoms with Crippen LogP contribution in [0.4, 0.5) is 0 Å². The van der Waals surface area contributed by atoms with E-state index in [1.807, 2.05) is 17.5 Å². The van der Waals surface area contributed by atoms with E-state index in [1.54, 1.807) is 6.08 Å². The molecule has 2 heterocycles. The van der Waals surface area contributed by atoms with Crippen LogP contribution in [0.2, 0.25) is 0 Å². The number of carboxylic acid groups (broad SMARTS) is 1. The van der Waals surface area contributed by atoms with Crippen LogP contribution in [0.5, 0.6) is 5.75 Å². The predicted octanol–water partition coefficient (Wildman–Crippen LogP) is 5.34.